The van der Waals surface area contributed by atoms with E-state index in [1.54, 1.807) is 10.5 Å². The van der Waals surface area contributed by atoms with Crippen LogP contribution in [-0.2, 0) is 11.3 Å². The van der Waals surface area contributed by atoms with Crippen LogP contribution in [0.1, 0.15) is 25.6 Å². The highest BCUT2D eigenvalue weighted by Gasteiger charge is 2.48. The fraction of sp³-hybridized carbons (Fsp3) is 0.476. The van der Waals surface area contributed by atoms with Crippen molar-refractivity contribution in [2.75, 3.05) is 30.3 Å². The summed E-state index contributed by atoms with van der Waals surface area (Å²) in [7, 11) is 0. The molecule has 2 aliphatic rings. The van der Waals surface area contributed by atoms with Gasteiger partial charge in [-0.15, -0.1) is 10.2 Å². The molecule has 0 radical (unpaired) electrons. The maximum Gasteiger partial charge on any atom is 0.214 e. The number of halogens is 2. The number of aliphatic hydroxyl groups excluding tert-OH is 1. The monoisotopic (exact) mass is 509 g/mol. The van der Waals surface area contributed by atoms with E-state index in [2.05, 4.69) is 15.1 Å². The van der Waals surface area contributed by atoms with E-state index in [1.807, 2.05) is 19.1 Å². The molecule has 9 nitrogen and oxygen atoms in total. The summed E-state index contributed by atoms with van der Waals surface area (Å²) in [6.45, 7) is 3.90. The van der Waals surface area contributed by atoms with Gasteiger partial charge in [0.15, 0.2) is 11.5 Å². The Morgan fingerprint density at radius 1 is 1.27 bits per heavy atom. The Balaban J connectivity index is 1.51. The molecule has 2 unspecified atom stereocenters. The third-order valence-corrected chi connectivity index (χ3v) is 8.83. The number of piperidine rings is 1. The zero-order valence-corrected chi connectivity index (χ0v) is 20.4. The van der Waals surface area contributed by atoms with Gasteiger partial charge in [0.05, 0.1) is 27.7 Å². The predicted octanol–water partition coefficient (Wildman–Crippen LogP) is 2.99. The number of aliphatic hydroxyl groups is 1. The highest BCUT2D eigenvalue weighted by Crippen LogP contribution is 2.44. The Morgan fingerprint density at radius 3 is 2.70 bits per heavy atom. The fourth-order valence-corrected chi connectivity index (χ4v) is 6.12. The summed E-state index contributed by atoms with van der Waals surface area (Å²) in [5.74, 6) is 1.31. The lowest BCUT2D eigenvalue weighted by Gasteiger charge is -2.41. The highest BCUT2D eigenvalue weighted by atomic mass is 35.5. The number of aromatic nitrogens is 4. The largest absolute Gasteiger partial charge is 0.388 e. The summed E-state index contributed by atoms with van der Waals surface area (Å²) >= 11 is 13.9. The molecule has 33 heavy (non-hydrogen) atoms. The van der Waals surface area contributed by atoms with Gasteiger partial charge in [-0.2, -0.15) is 4.98 Å². The van der Waals surface area contributed by atoms with Crippen LogP contribution in [0.4, 0.5) is 11.8 Å². The van der Waals surface area contributed by atoms with Crippen LogP contribution in [0, 0.1) is 5.41 Å². The van der Waals surface area contributed by atoms with Crippen LogP contribution in [0.5, 0.6) is 0 Å². The topological polar surface area (TPSA) is 128 Å². The van der Waals surface area contributed by atoms with Crippen LogP contribution in [-0.4, -0.2) is 56.5 Å². The summed E-state index contributed by atoms with van der Waals surface area (Å²) in [5.41, 5.74) is 13.4. The number of fused-ring (bicyclic) bond motifs is 1. The van der Waals surface area contributed by atoms with Gasteiger partial charge in [-0.1, -0.05) is 41.0 Å². The van der Waals surface area contributed by atoms with Gasteiger partial charge in [-0.3, -0.25) is 0 Å². The van der Waals surface area contributed by atoms with Crippen LogP contribution < -0.4 is 16.4 Å². The van der Waals surface area contributed by atoms with E-state index in [0.717, 1.165) is 30.8 Å². The first-order valence-corrected chi connectivity index (χ1v) is 12.3. The number of nitrogen functional groups attached to an aromatic ring is 1. The number of rotatable bonds is 4. The van der Waals surface area contributed by atoms with Gasteiger partial charge in [0.25, 0.3) is 0 Å². The first kappa shape index (κ1) is 22.9. The average molecular weight is 510 g/mol. The molecular formula is C21H25Cl2N7O2S. The third-order valence-electron chi connectivity index (χ3n) is 6.74. The van der Waals surface area contributed by atoms with Gasteiger partial charge in [0, 0.05) is 29.4 Å². The lowest BCUT2D eigenvalue weighted by atomic mass is 9.73. The van der Waals surface area contributed by atoms with E-state index in [0.29, 0.717) is 44.8 Å². The minimum Gasteiger partial charge on any atom is -0.388 e. The fourth-order valence-electron chi connectivity index (χ4n) is 4.71. The number of nitrogens with zero attached hydrogens (tertiary/aromatic N) is 5. The lowest BCUT2D eigenvalue weighted by Crippen LogP contribution is -2.51. The molecule has 1 spiro atoms. The average Bonchev–Trinajstić information content (AvgIpc) is 3.36. The molecule has 0 amide bonds. The van der Waals surface area contributed by atoms with Crippen molar-refractivity contribution in [3.05, 3.63) is 34.1 Å². The molecule has 0 aliphatic carbocycles. The third kappa shape index (κ3) is 3.82. The normalized spacial score (nSPS) is 22.5. The summed E-state index contributed by atoms with van der Waals surface area (Å²) in [4.78, 5) is 8.19. The summed E-state index contributed by atoms with van der Waals surface area (Å²) in [6.07, 6.45) is 1.82. The number of hydrogen-bond donors (Lipinski definition) is 3. The van der Waals surface area contributed by atoms with E-state index in [-0.39, 0.29) is 24.2 Å². The van der Waals surface area contributed by atoms with Crippen LogP contribution in [0.3, 0.4) is 0 Å². The number of hydrogen-bond acceptors (Lipinski definition) is 9. The minimum atomic E-state index is -0.282. The van der Waals surface area contributed by atoms with E-state index >= 15 is 0 Å². The maximum atomic E-state index is 9.93. The zero-order valence-electron chi connectivity index (χ0n) is 18.0. The Bertz CT molecular complexity index is 1200. The van der Waals surface area contributed by atoms with Crippen LogP contribution in [0.2, 0.25) is 10.0 Å². The molecule has 2 aliphatic heterocycles. The molecule has 0 bridgehead atoms. The van der Waals surface area contributed by atoms with Crippen molar-refractivity contribution >= 4 is 52.4 Å². The second-order valence-electron chi connectivity index (χ2n) is 8.60. The molecule has 2 aromatic heterocycles. The highest BCUT2D eigenvalue weighted by molar-refractivity contribution is 7.99. The quantitative estimate of drug-likeness (QED) is 0.485. The molecule has 2 atom stereocenters. The first-order valence-electron chi connectivity index (χ1n) is 10.7. The standard InChI is InChI=1S/C21H25Cl2N7O2S/c1-11-17(24)21(10-32-11)5-7-29(8-6-21)20-26-18(25)16(19-28-27-14(9-31)30(19)20)33-13-4-2-3-12(22)15(13)23/h2-4,11,17,31H,5-10,24-25H2,1H3. The van der Waals surface area contributed by atoms with Crippen molar-refractivity contribution in [1.29, 1.82) is 0 Å². The molecular weight excluding hydrogens is 485 g/mol. The summed E-state index contributed by atoms with van der Waals surface area (Å²) in [5, 5.41) is 19.3. The Labute approximate surface area is 205 Å². The van der Waals surface area contributed by atoms with Gasteiger partial charge < -0.3 is 26.2 Å². The van der Waals surface area contributed by atoms with Crippen molar-refractivity contribution in [2.45, 2.75) is 48.3 Å². The van der Waals surface area contributed by atoms with E-state index in [9.17, 15) is 5.11 Å². The second-order valence-corrected chi connectivity index (χ2v) is 10.4. The number of ether oxygens (including phenoxy) is 1. The first-order chi connectivity index (χ1) is 15.8. The van der Waals surface area contributed by atoms with Crippen molar-refractivity contribution in [3.8, 4) is 0 Å². The molecule has 2 fully saturated rings. The molecule has 12 heteroatoms. The Hall–Kier alpha value is -1.82. The van der Waals surface area contributed by atoms with Gasteiger partial charge in [0.1, 0.15) is 12.4 Å². The Kier molecular flexibility index (Phi) is 6.09. The minimum absolute atomic E-state index is 0.0156. The number of benzene rings is 1. The van der Waals surface area contributed by atoms with E-state index < -0.39 is 0 Å². The van der Waals surface area contributed by atoms with E-state index in [4.69, 9.17) is 44.4 Å². The van der Waals surface area contributed by atoms with Gasteiger partial charge in [-0.05, 0) is 31.9 Å². The molecule has 176 valence electrons. The molecule has 5 N–H and O–H groups in total. The maximum absolute atomic E-state index is 9.93. The number of nitrogens with two attached hydrogens (primary N) is 2. The molecule has 4 heterocycles. The van der Waals surface area contributed by atoms with Gasteiger partial charge in [0.2, 0.25) is 5.95 Å². The van der Waals surface area contributed by atoms with Gasteiger partial charge in [-0.25, -0.2) is 4.40 Å². The van der Waals surface area contributed by atoms with Crippen LogP contribution >= 0.6 is 35.0 Å². The molecule has 2 saturated heterocycles. The lowest BCUT2D eigenvalue weighted by molar-refractivity contribution is 0.0973. The molecule has 0 saturated carbocycles. The molecule has 3 aromatic rings. The SMILES string of the molecule is CC1OCC2(CCN(c3nc(N)c(Sc4cccc(Cl)c4Cl)c4nnc(CO)n34)CC2)C1N. The Morgan fingerprint density at radius 2 is 2.03 bits per heavy atom. The van der Waals surface area contributed by atoms with Crippen molar-refractivity contribution in [2.24, 2.45) is 11.1 Å². The smallest absolute Gasteiger partial charge is 0.214 e. The van der Waals surface area contributed by atoms with Gasteiger partial charge >= 0.3 is 0 Å². The summed E-state index contributed by atoms with van der Waals surface area (Å²) in [6, 6.07) is 5.41. The predicted molar refractivity (Wildman–Crippen MR) is 129 cm³/mol. The molecule has 5 rings (SSSR count). The molecule has 1 aromatic carbocycles. The van der Waals surface area contributed by atoms with Crippen LogP contribution in [0.25, 0.3) is 5.65 Å². The zero-order chi connectivity index (χ0) is 23.3. The summed E-state index contributed by atoms with van der Waals surface area (Å²) < 4.78 is 7.61. The van der Waals surface area contributed by atoms with Crippen molar-refractivity contribution < 1.29 is 9.84 Å². The van der Waals surface area contributed by atoms with Crippen LogP contribution in [0.15, 0.2) is 28.0 Å². The number of anilines is 2. The second kappa shape index (κ2) is 8.75. The van der Waals surface area contributed by atoms with Crippen molar-refractivity contribution in [3.63, 3.8) is 0 Å². The van der Waals surface area contributed by atoms with E-state index in [1.165, 1.54) is 11.8 Å². The van der Waals surface area contributed by atoms with Crippen molar-refractivity contribution in [1.82, 2.24) is 19.6 Å².